The highest BCUT2D eigenvalue weighted by Crippen LogP contribution is 2.27. The molecule has 0 spiro atoms. The molecule has 110 valence electrons. The first-order valence-corrected chi connectivity index (χ1v) is 8.14. The number of amides is 2. The van der Waals surface area contributed by atoms with Crippen LogP contribution in [0.15, 0.2) is 9.85 Å². The fourth-order valence-electron chi connectivity index (χ4n) is 2.28. The molecule has 0 atom stereocenters. The molecule has 0 aromatic carbocycles. The molecule has 7 heteroatoms. The number of carbonyl (C=O) groups excluding carboxylic acids is 2. The second-order valence-electron chi connectivity index (χ2n) is 5.06. The fourth-order valence-corrected chi connectivity index (χ4v) is 3.72. The minimum absolute atomic E-state index is 0.0165. The molecule has 1 aromatic heterocycles. The van der Waals surface area contributed by atoms with Crippen molar-refractivity contribution in [2.75, 3.05) is 19.6 Å². The number of primary amides is 1. The standard InChI is InChI=1S/C13H18BrN3O2S/c1-8-6-10(20-12(8)14)13(19)16-9-2-4-17(5-3-9)7-11(15)18/h6,9H,2-5,7H2,1H3,(H2,15,18)(H,16,19). The molecule has 1 saturated heterocycles. The zero-order valence-electron chi connectivity index (χ0n) is 11.3. The van der Waals surface area contributed by atoms with Gasteiger partial charge < -0.3 is 11.1 Å². The SMILES string of the molecule is Cc1cc(C(=O)NC2CCN(CC(N)=O)CC2)sc1Br. The van der Waals surface area contributed by atoms with Gasteiger partial charge >= 0.3 is 0 Å². The maximum atomic E-state index is 12.1. The van der Waals surface area contributed by atoms with E-state index < -0.39 is 0 Å². The maximum absolute atomic E-state index is 12.1. The minimum atomic E-state index is -0.300. The van der Waals surface area contributed by atoms with Crippen LogP contribution >= 0.6 is 27.3 Å². The first-order chi connectivity index (χ1) is 9.45. The zero-order valence-corrected chi connectivity index (χ0v) is 13.7. The van der Waals surface area contributed by atoms with Gasteiger partial charge in [0.1, 0.15) is 0 Å². The van der Waals surface area contributed by atoms with E-state index in [4.69, 9.17) is 5.73 Å². The summed E-state index contributed by atoms with van der Waals surface area (Å²) in [5, 5.41) is 3.06. The Morgan fingerprint density at radius 3 is 2.65 bits per heavy atom. The molecular formula is C13H18BrN3O2S. The van der Waals surface area contributed by atoms with Gasteiger partial charge in [0.25, 0.3) is 5.91 Å². The minimum Gasteiger partial charge on any atom is -0.369 e. The molecule has 1 fully saturated rings. The highest BCUT2D eigenvalue weighted by atomic mass is 79.9. The molecule has 2 rings (SSSR count). The molecule has 0 bridgehead atoms. The third-order valence-corrected chi connectivity index (χ3v) is 5.52. The summed E-state index contributed by atoms with van der Waals surface area (Å²) >= 11 is 4.88. The number of rotatable bonds is 4. The molecule has 1 aliphatic heterocycles. The molecule has 2 heterocycles. The first kappa shape index (κ1) is 15.5. The highest BCUT2D eigenvalue weighted by Gasteiger charge is 2.22. The number of carbonyl (C=O) groups is 2. The number of likely N-dealkylation sites (tertiary alicyclic amines) is 1. The van der Waals surface area contributed by atoms with E-state index in [-0.39, 0.29) is 17.9 Å². The summed E-state index contributed by atoms with van der Waals surface area (Å²) in [4.78, 5) is 25.7. The Morgan fingerprint density at radius 1 is 1.50 bits per heavy atom. The van der Waals surface area contributed by atoms with Crippen molar-refractivity contribution in [3.63, 3.8) is 0 Å². The smallest absolute Gasteiger partial charge is 0.261 e. The van der Waals surface area contributed by atoms with Crippen molar-refractivity contribution in [1.82, 2.24) is 10.2 Å². The van der Waals surface area contributed by atoms with Gasteiger partial charge in [-0.2, -0.15) is 0 Å². The van der Waals surface area contributed by atoms with Crippen LogP contribution in [0.2, 0.25) is 0 Å². The lowest BCUT2D eigenvalue weighted by Gasteiger charge is -2.31. The van der Waals surface area contributed by atoms with Crippen LogP contribution in [0, 0.1) is 6.92 Å². The number of aryl methyl sites for hydroxylation is 1. The molecule has 0 radical (unpaired) electrons. The van der Waals surface area contributed by atoms with E-state index in [0.717, 1.165) is 40.2 Å². The van der Waals surface area contributed by atoms with Gasteiger partial charge in [-0.3, -0.25) is 14.5 Å². The predicted molar refractivity (Wildman–Crippen MR) is 82.9 cm³/mol. The lowest BCUT2D eigenvalue weighted by molar-refractivity contribution is -0.119. The number of hydrogen-bond donors (Lipinski definition) is 2. The number of halogens is 1. The van der Waals surface area contributed by atoms with Gasteiger partial charge in [-0.25, -0.2) is 0 Å². The average Bonchev–Trinajstić information content (AvgIpc) is 2.71. The average molecular weight is 360 g/mol. The van der Waals surface area contributed by atoms with E-state index in [1.165, 1.54) is 11.3 Å². The second-order valence-corrected chi connectivity index (χ2v) is 7.43. The summed E-state index contributed by atoms with van der Waals surface area (Å²) < 4.78 is 0.999. The van der Waals surface area contributed by atoms with E-state index in [0.29, 0.717) is 6.54 Å². The molecule has 1 aliphatic rings. The van der Waals surface area contributed by atoms with Crippen molar-refractivity contribution in [2.24, 2.45) is 5.73 Å². The molecule has 0 aliphatic carbocycles. The van der Waals surface area contributed by atoms with E-state index in [1.54, 1.807) is 0 Å². The molecule has 2 amide bonds. The van der Waals surface area contributed by atoms with Crippen molar-refractivity contribution in [2.45, 2.75) is 25.8 Å². The molecule has 0 saturated carbocycles. The quantitative estimate of drug-likeness (QED) is 0.855. The van der Waals surface area contributed by atoms with Gasteiger partial charge in [0, 0.05) is 19.1 Å². The molecule has 3 N–H and O–H groups in total. The summed E-state index contributed by atoms with van der Waals surface area (Å²) in [7, 11) is 0. The van der Waals surface area contributed by atoms with Gasteiger partial charge in [-0.15, -0.1) is 11.3 Å². The van der Waals surface area contributed by atoms with Crippen LogP contribution in [-0.4, -0.2) is 42.4 Å². The van der Waals surface area contributed by atoms with Gasteiger partial charge in [0.05, 0.1) is 15.2 Å². The number of hydrogen-bond acceptors (Lipinski definition) is 4. The van der Waals surface area contributed by atoms with Gasteiger partial charge in [0.2, 0.25) is 5.91 Å². The van der Waals surface area contributed by atoms with E-state index in [2.05, 4.69) is 21.2 Å². The molecule has 20 heavy (non-hydrogen) atoms. The van der Waals surface area contributed by atoms with Crippen LogP contribution in [0.3, 0.4) is 0 Å². The van der Waals surface area contributed by atoms with Crippen molar-refractivity contribution >= 4 is 39.1 Å². The fraction of sp³-hybridized carbons (Fsp3) is 0.538. The highest BCUT2D eigenvalue weighted by molar-refractivity contribution is 9.11. The number of nitrogens with one attached hydrogen (secondary N) is 1. The van der Waals surface area contributed by atoms with Crippen LogP contribution in [0.1, 0.15) is 28.1 Å². The van der Waals surface area contributed by atoms with Crippen LogP contribution in [0.5, 0.6) is 0 Å². The van der Waals surface area contributed by atoms with E-state index in [1.807, 2.05) is 17.9 Å². The summed E-state index contributed by atoms with van der Waals surface area (Å²) in [5.41, 5.74) is 6.26. The maximum Gasteiger partial charge on any atom is 0.261 e. The molecule has 1 aromatic rings. The van der Waals surface area contributed by atoms with E-state index in [9.17, 15) is 9.59 Å². The molecular weight excluding hydrogens is 342 g/mol. The largest absolute Gasteiger partial charge is 0.369 e. The van der Waals surface area contributed by atoms with Crippen LogP contribution in [0.4, 0.5) is 0 Å². The van der Waals surface area contributed by atoms with Crippen LogP contribution in [0.25, 0.3) is 0 Å². The topological polar surface area (TPSA) is 75.4 Å². The molecule has 0 unspecified atom stereocenters. The number of thiophene rings is 1. The van der Waals surface area contributed by atoms with Crippen molar-refractivity contribution in [1.29, 1.82) is 0 Å². The Morgan fingerprint density at radius 2 is 2.15 bits per heavy atom. The third kappa shape index (κ3) is 4.04. The van der Waals surface area contributed by atoms with Crippen molar-refractivity contribution in [3.05, 3.63) is 20.3 Å². The summed E-state index contributed by atoms with van der Waals surface area (Å²) in [5.74, 6) is -0.316. The summed E-state index contributed by atoms with van der Waals surface area (Å²) in [6, 6.07) is 2.07. The summed E-state index contributed by atoms with van der Waals surface area (Å²) in [6.45, 7) is 3.86. The van der Waals surface area contributed by atoms with Gasteiger partial charge in [-0.05, 0) is 47.3 Å². The lowest BCUT2D eigenvalue weighted by Crippen LogP contribution is -2.46. The Balaban J connectivity index is 1.83. The normalized spacial score (nSPS) is 17.1. The third-order valence-electron chi connectivity index (χ3n) is 3.38. The number of nitrogens with zero attached hydrogens (tertiary/aromatic N) is 1. The van der Waals surface area contributed by atoms with Crippen LogP contribution < -0.4 is 11.1 Å². The van der Waals surface area contributed by atoms with Gasteiger partial charge in [0.15, 0.2) is 0 Å². The Hall–Kier alpha value is -0.920. The summed E-state index contributed by atoms with van der Waals surface area (Å²) in [6.07, 6.45) is 1.70. The Kier molecular flexibility index (Phi) is 5.17. The lowest BCUT2D eigenvalue weighted by atomic mass is 10.0. The Labute approximate surface area is 130 Å². The zero-order chi connectivity index (χ0) is 14.7. The van der Waals surface area contributed by atoms with Gasteiger partial charge in [-0.1, -0.05) is 0 Å². The van der Waals surface area contributed by atoms with E-state index >= 15 is 0 Å². The molecule has 5 nitrogen and oxygen atoms in total. The van der Waals surface area contributed by atoms with Crippen molar-refractivity contribution < 1.29 is 9.59 Å². The monoisotopic (exact) mass is 359 g/mol. The van der Waals surface area contributed by atoms with Crippen molar-refractivity contribution in [3.8, 4) is 0 Å². The number of nitrogens with two attached hydrogens (primary N) is 1. The second kappa shape index (κ2) is 6.69. The Bertz CT molecular complexity index is 490. The number of piperidine rings is 1. The predicted octanol–water partition coefficient (Wildman–Crippen LogP) is 1.50. The van der Waals surface area contributed by atoms with Crippen LogP contribution in [-0.2, 0) is 4.79 Å². The first-order valence-electron chi connectivity index (χ1n) is 6.53.